The molecule has 0 radical (unpaired) electrons. The lowest BCUT2D eigenvalue weighted by Crippen LogP contribution is -2.04. The Morgan fingerprint density at radius 3 is 1.55 bits per heavy atom. The van der Waals surface area contributed by atoms with Crippen molar-refractivity contribution in [2.45, 2.75) is 6.42 Å². The fourth-order valence-corrected chi connectivity index (χ4v) is 4.76. The van der Waals surface area contributed by atoms with E-state index < -0.39 is 23.4 Å². The number of carboxylic acids is 2. The van der Waals surface area contributed by atoms with Gasteiger partial charge in [-0.2, -0.15) is 5.26 Å². The number of phenols is 2. The smallest absolute Gasteiger partial charge is 0.339 e. The Kier molecular flexibility index (Phi) is 6.79. The summed E-state index contributed by atoms with van der Waals surface area (Å²) in [7, 11) is 0. The Hall–Kier alpha value is -5.81. The maximum Gasteiger partial charge on any atom is 0.339 e. The molecule has 5 aromatic carbocycles. The van der Waals surface area contributed by atoms with E-state index in [0.29, 0.717) is 38.4 Å². The number of furan rings is 1. The van der Waals surface area contributed by atoms with Gasteiger partial charge in [-0.15, -0.1) is 0 Å². The molecule has 0 aliphatic rings. The number of fused-ring (bicyclic) bond motifs is 3. The van der Waals surface area contributed by atoms with E-state index in [1.54, 1.807) is 54.8 Å². The van der Waals surface area contributed by atoms with Crippen molar-refractivity contribution in [3.8, 4) is 17.6 Å². The summed E-state index contributed by atoms with van der Waals surface area (Å²) in [6, 6.07) is 26.4. The van der Waals surface area contributed by atoms with E-state index in [0.717, 1.165) is 10.8 Å². The van der Waals surface area contributed by atoms with Gasteiger partial charge < -0.3 is 24.8 Å². The van der Waals surface area contributed by atoms with Crippen LogP contribution in [0.1, 0.15) is 37.6 Å². The van der Waals surface area contributed by atoms with Crippen LogP contribution in [0.25, 0.3) is 32.3 Å². The molecule has 0 amide bonds. The van der Waals surface area contributed by atoms with Crippen molar-refractivity contribution in [3.05, 3.63) is 119 Å². The van der Waals surface area contributed by atoms with Gasteiger partial charge in [-0.3, -0.25) is 0 Å². The third kappa shape index (κ3) is 4.64. The first kappa shape index (κ1) is 25.8. The molecule has 40 heavy (non-hydrogen) atoms. The minimum atomic E-state index is -1.28. The van der Waals surface area contributed by atoms with Gasteiger partial charge in [-0.05, 0) is 39.7 Å². The number of carboxylic acid groups (broad SMARTS) is 2. The molecule has 1 aromatic heterocycles. The molecule has 0 fully saturated rings. The van der Waals surface area contributed by atoms with Gasteiger partial charge in [0.2, 0.25) is 5.76 Å². The van der Waals surface area contributed by atoms with Crippen molar-refractivity contribution in [1.82, 2.24) is 0 Å². The second-order valence-electron chi connectivity index (χ2n) is 9.00. The minimum absolute atomic E-state index is 0.0407. The Morgan fingerprint density at radius 2 is 1.10 bits per heavy atom. The number of nitrogens with zero attached hydrogens (tertiary/aromatic N) is 1. The van der Waals surface area contributed by atoms with Crippen LogP contribution in [0.3, 0.4) is 0 Å². The van der Waals surface area contributed by atoms with Gasteiger partial charge in [-0.1, -0.05) is 66.7 Å². The molecule has 0 aliphatic carbocycles. The zero-order valence-corrected chi connectivity index (χ0v) is 20.8. The van der Waals surface area contributed by atoms with Crippen molar-refractivity contribution in [3.63, 3.8) is 0 Å². The van der Waals surface area contributed by atoms with Crippen molar-refractivity contribution in [2.24, 2.45) is 0 Å². The summed E-state index contributed by atoms with van der Waals surface area (Å²) < 4.78 is 5.00. The quantitative estimate of drug-likeness (QED) is 0.196. The Balaban J connectivity index is 0.000000244. The van der Waals surface area contributed by atoms with Gasteiger partial charge in [0, 0.05) is 28.3 Å². The highest BCUT2D eigenvalue weighted by molar-refractivity contribution is 6.02. The highest BCUT2D eigenvalue weighted by Crippen LogP contribution is 2.38. The number of rotatable bonds is 4. The van der Waals surface area contributed by atoms with Crippen molar-refractivity contribution >= 4 is 44.3 Å². The third-order valence-electron chi connectivity index (χ3n) is 6.68. The van der Waals surface area contributed by atoms with Crippen LogP contribution in [0.2, 0.25) is 0 Å². The van der Waals surface area contributed by atoms with E-state index >= 15 is 0 Å². The predicted molar refractivity (Wildman–Crippen MR) is 149 cm³/mol. The van der Waals surface area contributed by atoms with Crippen LogP contribution in [0.4, 0.5) is 0 Å². The highest BCUT2D eigenvalue weighted by atomic mass is 16.4. The molecule has 8 nitrogen and oxygen atoms in total. The zero-order chi connectivity index (χ0) is 28.4. The number of aromatic hydroxyl groups is 2. The van der Waals surface area contributed by atoms with E-state index in [1.807, 2.05) is 30.3 Å². The second-order valence-corrected chi connectivity index (χ2v) is 9.00. The fraction of sp³-hybridized carbons (Fsp3) is 0.0312. The van der Waals surface area contributed by atoms with Crippen LogP contribution >= 0.6 is 0 Å². The van der Waals surface area contributed by atoms with Crippen LogP contribution in [0, 0.1) is 11.3 Å². The molecule has 0 saturated carbocycles. The third-order valence-corrected chi connectivity index (χ3v) is 6.68. The number of hydrogen-bond donors (Lipinski definition) is 4. The van der Waals surface area contributed by atoms with E-state index in [4.69, 9.17) is 9.68 Å². The molecule has 0 unspecified atom stereocenters. The lowest BCUT2D eigenvalue weighted by molar-refractivity contribution is 0.0682. The number of carbonyl (C=O) groups is 2. The second kappa shape index (κ2) is 10.5. The molecule has 0 spiro atoms. The summed E-state index contributed by atoms with van der Waals surface area (Å²) in [6.07, 6.45) is 1.55. The molecule has 4 N–H and O–H groups in total. The lowest BCUT2D eigenvalue weighted by Gasteiger charge is -2.16. The fourth-order valence-electron chi connectivity index (χ4n) is 4.76. The SMILES string of the molecule is N#Cc1occ2ccccc12.O=C(O)c1cc2ccccc2c(Cc2c(O)c(C(=O)O)cc3ccccc23)c1O. The van der Waals surface area contributed by atoms with Crippen molar-refractivity contribution < 1.29 is 34.4 Å². The van der Waals surface area contributed by atoms with Gasteiger partial charge in [0.05, 0.1) is 0 Å². The first-order chi connectivity index (χ1) is 19.3. The summed E-state index contributed by atoms with van der Waals surface area (Å²) in [5.74, 6) is -2.97. The average molecular weight is 532 g/mol. The molecular formula is C32H21NO7. The van der Waals surface area contributed by atoms with Gasteiger partial charge in [0.15, 0.2) is 0 Å². The maximum absolute atomic E-state index is 11.6. The van der Waals surface area contributed by atoms with Gasteiger partial charge in [0.1, 0.15) is 35.0 Å². The first-order valence-corrected chi connectivity index (χ1v) is 12.1. The predicted octanol–water partition coefficient (Wildman–Crippen LogP) is 6.70. The van der Waals surface area contributed by atoms with Gasteiger partial charge in [0.25, 0.3) is 0 Å². The molecule has 6 aromatic rings. The molecule has 196 valence electrons. The topological polar surface area (TPSA) is 152 Å². The van der Waals surface area contributed by atoms with Gasteiger partial charge >= 0.3 is 11.9 Å². The summed E-state index contributed by atoms with van der Waals surface area (Å²) in [5, 5.41) is 53.2. The standard InChI is InChI=1S/C23H16O6.C9H5NO/c24-20-16(14-7-3-1-5-12(14)9-18(20)22(26)27)11-17-15-8-4-2-6-13(15)10-19(21(17)25)23(28)29;10-5-9-8-4-2-1-3-7(8)6-11-9/h1-10,24-25H,11H2,(H,26,27)(H,28,29);1-4,6H. The number of aromatic carboxylic acids is 2. The van der Waals surface area contributed by atoms with Crippen LogP contribution in [0.15, 0.2) is 95.6 Å². The van der Waals surface area contributed by atoms with Crippen LogP contribution in [-0.4, -0.2) is 32.4 Å². The van der Waals surface area contributed by atoms with Crippen molar-refractivity contribution in [2.75, 3.05) is 0 Å². The van der Waals surface area contributed by atoms with E-state index in [-0.39, 0.29) is 17.5 Å². The first-order valence-electron chi connectivity index (χ1n) is 12.1. The van der Waals surface area contributed by atoms with E-state index in [2.05, 4.69) is 0 Å². The summed E-state index contributed by atoms with van der Waals surface area (Å²) >= 11 is 0. The maximum atomic E-state index is 11.6. The number of nitriles is 1. The number of benzene rings is 5. The minimum Gasteiger partial charge on any atom is -0.507 e. The summed E-state index contributed by atoms with van der Waals surface area (Å²) in [6.45, 7) is 0. The van der Waals surface area contributed by atoms with Crippen molar-refractivity contribution in [1.29, 1.82) is 5.26 Å². The molecule has 0 saturated heterocycles. The average Bonchev–Trinajstić information content (AvgIpc) is 3.38. The van der Waals surface area contributed by atoms with Gasteiger partial charge in [-0.25, -0.2) is 9.59 Å². The molecule has 8 heteroatoms. The van der Waals surface area contributed by atoms with E-state index in [1.165, 1.54) is 12.1 Å². The Morgan fingerprint density at radius 1 is 0.675 bits per heavy atom. The van der Waals surface area contributed by atoms with Crippen LogP contribution < -0.4 is 0 Å². The van der Waals surface area contributed by atoms with Crippen LogP contribution in [0.5, 0.6) is 11.5 Å². The molecule has 1 heterocycles. The highest BCUT2D eigenvalue weighted by Gasteiger charge is 2.22. The molecule has 0 atom stereocenters. The van der Waals surface area contributed by atoms with Crippen LogP contribution in [-0.2, 0) is 6.42 Å². The van der Waals surface area contributed by atoms with E-state index in [9.17, 15) is 30.0 Å². The molecular weight excluding hydrogens is 510 g/mol. The zero-order valence-electron chi connectivity index (χ0n) is 20.8. The Bertz CT molecular complexity index is 1880. The summed E-state index contributed by atoms with van der Waals surface area (Å²) in [5.41, 5.74) is 0.112. The largest absolute Gasteiger partial charge is 0.507 e. The monoisotopic (exact) mass is 531 g/mol. The normalized spacial score (nSPS) is 10.7. The molecule has 6 rings (SSSR count). The number of hydrogen-bond acceptors (Lipinski definition) is 6. The lowest BCUT2D eigenvalue weighted by atomic mass is 9.90. The molecule has 0 bridgehead atoms. The Labute approximate surface area is 227 Å². The summed E-state index contributed by atoms with van der Waals surface area (Å²) in [4.78, 5) is 23.2. The molecule has 0 aliphatic heterocycles.